The average molecular weight is 414 g/mol. The molecule has 0 spiro atoms. The number of hydrogen-bond acceptors (Lipinski definition) is 4. The maximum atomic E-state index is 12.5. The third-order valence-corrected chi connectivity index (χ3v) is 5.41. The van der Waals surface area contributed by atoms with Crippen LogP contribution in [0, 0.1) is 13.8 Å². The van der Waals surface area contributed by atoms with Crippen molar-refractivity contribution >= 4 is 35.0 Å². The van der Waals surface area contributed by atoms with Crippen LogP contribution in [0.5, 0.6) is 0 Å². The Labute approximate surface area is 172 Å². The molecule has 144 valence electrons. The molecule has 28 heavy (non-hydrogen) atoms. The van der Waals surface area contributed by atoms with Gasteiger partial charge in [-0.1, -0.05) is 53.7 Å². The van der Waals surface area contributed by atoms with Gasteiger partial charge in [0.05, 0.1) is 0 Å². The third-order valence-electron chi connectivity index (χ3n) is 4.02. The number of hydrogen-bond donors (Lipinski definition) is 1. The van der Waals surface area contributed by atoms with E-state index in [0.29, 0.717) is 27.3 Å². The van der Waals surface area contributed by atoms with Crippen molar-refractivity contribution in [3.63, 3.8) is 0 Å². The van der Waals surface area contributed by atoms with Gasteiger partial charge in [0.1, 0.15) is 6.54 Å². The predicted octanol–water partition coefficient (Wildman–Crippen LogP) is 4.44. The molecule has 0 bridgehead atoms. The number of thioether (sulfide) groups is 1. The van der Waals surface area contributed by atoms with Crippen molar-refractivity contribution < 1.29 is 4.79 Å². The lowest BCUT2D eigenvalue weighted by molar-refractivity contribution is -0.116. The lowest BCUT2D eigenvalue weighted by Crippen LogP contribution is -2.29. The molecular formula is C21H20ClN3O2S. The average Bonchev–Trinajstić information content (AvgIpc) is 2.63. The van der Waals surface area contributed by atoms with Gasteiger partial charge < -0.3 is 5.32 Å². The standard InChI is InChI=1S/C21H20ClN3O2S/c1-14-6-5-8-17(10-14)24-19(26)12-25-20(27)11-15(2)23-21(25)28-13-16-7-3-4-9-18(16)22/h3-11H,12-13H2,1-2H3,(H,24,26). The molecule has 3 aromatic rings. The first-order chi connectivity index (χ1) is 13.4. The fourth-order valence-corrected chi connectivity index (χ4v) is 4.01. The monoisotopic (exact) mass is 413 g/mol. The maximum absolute atomic E-state index is 12.5. The van der Waals surface area contributed by atoms with E-state index in [-0.39, 0.29) is 18.0 Å². The summed E-state index contributed by atoms with van der Waals surface area (Å²) in [6.45, 7) is 3.61. The summed E-state index contributed by atoms with van der Waals surface area (Å²) in [4.78, 5) is 29.4. The molecular weight excluding hydrogens is 394 g/mol. The van der Waals surface area contributed by atoms with Crippen LogP contribution in [-0.2, 0) is 17.1 Å². The van der Waals surface area contributed by atoms with Crippen LogP contribution in [0.25, 0.3) is 0 Å². The number of nitrogens with one attached hydrogen (secondary N) is 1. The molecule has 1 aromatic heterocycles. The summed E-state index contributed by atoms with van der Waals surface area (Å²) in [5.41, 5.74) is 3.04. The normalized spacial score (nSPS) is 10.7. The Bertz CT molecular complexity index is 1070. The van der Waals surface area contributed by atoms with Crippen molar-refractivity contribution in [2.75, 3.05) is 5.32 Å². The first-order valence-corrected chi connectivity index (χ1v) is 10.1. The van der Waals surface area contributed by atoms with Crippen molar-refractivity contribution in [1.82, 2.24) is 9.55 Å². The summed E-state index contributed by atoms with van der Waals surface area (Å²) in [6.07, 6.45) is 0. The van der Waals surface area contributed by atoms with Crippen molar-refractivity contribution in [2.45, 2.75) is 31.3 Å². The molecule has 5 nitrogen and oxygen atoms in total. The van der Waals surface area contributed by atoms with E-state index >= 15 is 0 Å². The molecule has 0 atom stereocenters. The number of aromatic nitrogens is 2. The number of nitrogens with zero attached hydrogens (tertiary/aromatic N) is 2. The van der Waals surface area contributed by atoms with E-state index in [1.807, 2.05) is 55.5 Å². The molecule has 1 amide bonds. The van der Waals surface area contributed by atoms with Crippen LogP contribution in [-0.4, -0.2) is 15.5 Å². The molecule has 0 aliphatic heterocycles. The highest BCUT2D eigenvalue weighted by Gasteiger charge is 2.13. The van der Waals surface area contributed by atoms with E-state index in [1.54, 1.807) is 6.92 Å². The number of carbonyl (C=O) groups is 1. The second kappa shape index (κ2) is 9.08. The van der Waals surface area contributed by atoms with E-state index in [2.05, 4.69) is 10.3 Å². The van der Waals surface area contributed by atoms with Crippen molar-refractivity contribution in [3.8, 4) is 0 Å². The van der Waals surface area contributed by atoms with Gasteiger partial charge in [-0.05, 0) is 43.2 Å². The van der Waals surface area contributed by atoms with Gasteiger partial charge in [-0.15, -0.1) is 0 Å². The Hall–Kier alpha value is -2.57. The first-order valence-electron chi connectivity index (χ1n) is 8.73. The quantitative estimate of drug-likeness (QED) is 0.479. The van der Waals surface area contributed by atoms with Gasteiger partial charge >= 0.3 is 0 Å². The zero-order valence-electron chi connectivity index (χ0n) is 15.6. The number of rotatable bonds is 6. The van der Waals surface area contributed by atoms with Crippen molar-refractivity contribution in [2.24, 2.45) is 0 Å². The Morgan fingerprint density at radius 3 is 2.68 bits per heavy atom. The van der Waals surface area contributed by atoms with Crippen LogP contribution < -0.4 is 10.9 Å². The fourth-order valence-electron chi connectivity index (χ4n) is 2.67. The largest absolute Gasteiger partial charge is 0.325 e. The lowest BCUT2D eigenvalue weighted by Gasteiger charge is -2.13. The van der Waals surface area contributed by atoms with Gasteiger partial charge in [-0.2, -0.15) is 0 Å². The van der Waals surface area contributed by atoms with Gasteiger partial charge in [0.15, 0.2) is 5.16 Å². The highest BCUT2D eigenvalue weighted by molar-refractivity contribution is 7.98. The third kappa shape index (κ3) is 5.24. The Morgan fingerprint density at radius 2 is 1.93 bits per heavy atom. The SMILES string of the molecule is Cc1cccc(NC(=O)Cn2c(SCc3ccccc3Cl)nc(C)cc2=O)c1. The van der Waals surface area contributed by atoms with E-state index in [1.165, 1.54) is 22.4 Å². The van der Waals surface area contributed by atoms with Gasteiger partial charge in [0.2, 0.25) is 5.91 Å². The van der Waals surface area contributed by atoms with Crippen molar-refractivity contribution in [1.29, 1.82) is 0 Å². The van der Waals surface area contributed by atoms with Crippen LogP contribution in [0.15, 0.2) is 64.5 Å². The molecule has 1 heterocycles. The molecule has 2 aromatic carbocycles. The van der Waals surface area contributed by atoms with E-state index in [9.17, 15) is 9.59 Å². The van der Waals surface area contributed by atoms with Gasteiger partial charge in [-0.25, -0.2) is 4.98 Å². The van der Waals surface area contributed by atoms with Gasteiger partial charge in [0, 0.05) is 28.2 Å². The molecule has 7 heteroatoms. The highest BCUT2D eigenvalue weighted by atomic mass is 35.5. The topological polar surface area (TPSA) is 64.0 Å². The van der Waals surface area contributed by atoms with Crippen LogP contribution in [0.1, 0.15) is 16.8 Å². The molecule has 0 fully saturated rings. The molecule has 0 saturated carbocycles. The molecule has 0 unspecified atom stereocenters. The summed E-state index contributed by atoms with van der Waals surface area (Å²) in [5, 5.41) is 3.98. The molecule has 0 radical (unpaired) electrons. The van der Waals surface area contributed by atoms with E-state index in [4.69, 9.17) is 11.6 Å². The minimum atomic E-state index is -0.280. The number of carbonyl (C=O) groups excluding carboxylic acids is 1. The highest BCUT2D eigenvalue weighted by Crippen LogP contribution is 2.25. The number of benzene rings is 2. The zero-order chi connectivity index (χ0) is 20.1. The Balaban J connectivity index is 1.79. The van der Waals surface area contributed by atoms with Crippen LogP contribution in [0.4, 0.5) is 5.69 Å². The second-order valence-electron chi connectivity index (χ2n) is 6.40. The zero-order valence-corrected chi connectivity index (χ0v) is 17.2. The number of anilines is 1. The maximum Gasteiger partial charge on any atom is 0.254 e. The molecule has 0 aliphatic carbocycles. The van der Waals surface area contributed by atoms with Crippen LogP contribution in [0.3, 0.4) is 0 Å². The fraction of sp³-hybridized carbons (Fsp3) is 0.190. The van der Waals surface area contributed by atoms with Gasteiger partial charge in [0.25, 0.3) is 5.56 Å². The minimum Gasteiger partial charge on any atom is -0.325 e. The van der Waals surface area contributed by atoms with Gasteiger partial charge in [-0.3, -0.25) is 14.2 Å². The summed E-state index contributed by atoms with van der Waals surface area (Å²) >= 11 is 7.59. The van der Waals surface area contributed by atoms with E-state index < -0.39 is 0 Å². The number of aryl methyl sites for hydroxylation is 2. The summed E-state index contributed by atoms with van der Waals surface area (Å²) < 4.78 is 1.39. The lowest BCUT2D eigenvalue weighted by atomic mass is 10.2. The predicted molar refractivity (Wildman–Crippen MR) is 114 cm³/mol. The Morgan fingerprint density at radius 1 is 1.14 bits per heavy atom. The molecule has 3 rings (SSSR count). The summed E-state index contributed by atoms with van der Waals surface area (Å²) in [5.74, 6) is 0.271. The van der Waals surface area contributed by atoms with Crippen LogP contribution >= 0.6 is 23.4 Å². The summed E-state index contributed by atoms with van der Waals surface area (Å²) in [6, 6.07) is 16.5. The first kappa shape index (κ1) is 20.2. The summed E-state index contributed by atoms with van der Waals surface area (Å²) in [7, 11) is 0. The minimum absolute atomic E-state index is 0.106. The van der Waals surface area contributed by atoms with Crippen molar-refractivity contribution in [3.05, 3.63) is 86.8 Å². The number of halogens is 1. The second-order valence-corrected chi connectivity index (χ2v) is 7.75. The van der Waals surface area contributed by atoms with Crippen LogP contribution in [0.2, 0.25) is 5.02 Å². The molecule has 0 saturated heterocycles. The van der Waals surface area contributed by atoms with E-state index in [0.717, 1.165) is 11.1 Å². The number of amides is 1. The molecule has 0 aliphatic rings. The Kier molecular flexibility index (Phi) is 6.54. The molecule has 1 N–H and O–H groups in total. The smallest absolute Gasteiger partial charge is 0.254 e.